The third-order valence-corrected chi connectivity index (χ3v) is 2.52. The summed E-state index contributed by atoms with van der Waals surface area (Å²) in [7, 11) is 0. The molecule has 0 amide bonds. The van der Waals surface area contributed by atoms with Crippen molar-refractivity contribution >= 4 is 26.4 Å². The highest BCUT2D eigenvalue weighted by Crippen LogP contribution is 2.08. The van der Waals surface area contributed by atoms with E-state index in [0.717, 1.165) is 12.1 Å². The zero-order valence-electron chi connectivity index (χ0n) is 8.38. The van der Waals surface area contributed by atoms with Gasteiger partial charge in [0.1, 0.15) is 0 Å². The molecule has 0 aliphatic rings. The van der Waals surface area contributed by atoms with E-state index < -0.39 is 0 Å². The van der Waals surface area contributed by atoms with Crippen LogP contribution in [0.15, 0.2) is 24.3 Å². The summed E-state index contributed by atoms with van der Waals surface area (Å²) < 4.78 is 0.0889. The van der Waals surface area contributed by atoms with E-state index in [4.69, 9.17) is 0 Å². The Bertz CT molecular complexity index is 306. The Hall–Kier alpha value is -0.420. The Morgan fingerprint density at radius 3 is 2.36 bits per heavy atom. The van der Waals surface area contributed by atoms with Crippen LogP contribution in [0.25, 0.3) is 0 Å². The summed E-state index contributed by atoms with van der Waals surface area (Å²) in [6.07, 6.45) is 0. The van der Waals surface area contributed by atoms with E-state index in [-0.39, 0.29) is 3.79 Å². The van der Waals surface area contributed by atoms with Crippen LogP contribution in [0.1, 0.15) is 29.8 Å². The van der Waals surface area contributed by atoms with Crippen LogP contribution in [0.4, 0.5) is 0 Å². The Balaban J connectivity index is 2.60. The molecule has 0 unspecified atom stereocenters. The first-order chi connectivity index (χ1) is 6.59. The normalized spacial score (nSPS) is 10.6. The number of halogens is 1. The van der Waals surface area contributed by atoms with Crippen molar-refractivity contribution in [1.82, 2.24) is 5.32 Å². The Kier molecular flexibility index (Phi) is 4.54. The summed E-state index contributed by atoms with van der Waals surface area (Å²) in [5.41, 5.74) is 1.97. The van der Waals surface area contributed by atoms with Gasteiger partial charge in [0.2, 0.25) is 3.79 Å². The molecule has 0 aromatic heterocycles. The van der Waals surface area contributed by atoms with E-state index in [1.807, 2.05) is 24.3 Å². The SMILES string of the molecule is CC(C)NCc1ccc(C(=O)I)cc1. The van der Waals surface area contributed by atoms with Crippen molar-refractivity contribution in [3.8, 4) is 0 Å². The van der Waals surface area contributed by atoms with Crippen LogP contribution >= 0.6 is 22.6 Å². The zero-order valence-corrected chi connectivity index (χ0v) is 10.5. The summed E-state index contributed by atoms with van der Waals surface area (Å²) in [6.45, 7) is 5.08. The van der Waals surface area contributed by atoms with Crippen LogP contribution in [-0.4, -0.2) is 9.83 Å². The number of hydrogen-bond acceptors (Lipinski definition) is 2. The van der Waals surface area contributed by atoms with Gasteiger partial charge in [0.25, 0.3) is 0 Å². The van der Waals surface area contributed by atoms with Crippen LogP contribution < -0.4 is 5.32 Å². The van der Waals surface area contributed by atoms with Crippen molar-refractivity contribution in [2.45, 2.75) is 26.4 Å². The smallest absolute Gasteiger partial charge is 0.222 e. The molecule has 0 aliphatic heterocycles. The first-order valence-electron chi connectivity index (χ1n) is 4.61. The largest absolute Gasteiger partial charge is 0.310 e. The molecule has 0 heterocycles. The topological polar surface area (TPSA) is 29.1 Å². The lowest BCUT2D eigenvalue weighted by Gasteiger charge is -2.07. The minimum absolute atomic E-state index is 0.0889. The predicted octanol–water partition coefficient (Wildman–Crippen LogP) is 2.76. The highest BCUT2D eigenvalue weighted by atomic mass is 127. The highest BCUT2D eigenvalue weighted by molar-refractivity contribution is 14.1. The number of carbonyl (C=O) groups is 1. The van der Waals surface area contributed by atoms with Crippen molar-refractivity contribution in [1.29, 1.82) is 0 Å². The fourth-order valence-corrected chi connectivity index (χ4v) is 1.44. The molecule has 1 aromatic rings. The van der Waals surface area contributed by atoms with Crippen molar-refractivity contribution < 1.29 is 4.79 Å². The highest BCUT2D eigenvalue weighted by Gasteiger charge is 2.00. The molecular weight excluding hydrogens is 289 g/mol. The van der Waals surface area contributed by atoms with Gasteiger partial charge in [-0.2, -0.15) is 0 Å². The van der Waals surface area contributed by atoms with Crippen LogP contribution in [0.2, 0.25) is 0 Å². The zero-order chi connectivity index (χ0) is 10.6. The molecule has 0 bridgehead atoms. The molecule has 3 heteroatoms. The van der Waals surface area contributed by atoms with Gasteiger partial charge in [0, 0.05) is 40.7 Å². The van der Waals surface area contributed by atoms with Gasteiger partial charge < -0.3 is 5.32 Å². The molecule has 0 fully saturated rings. The lowest BCUT2D eigenvalue weighted by molar-refractivity contribution is 0.110. The summed E-state index contributed by atoms with van der Waals surface area (Å²) in [5, 5.41) is 3.32. The van der Waals surface area contributed by atoms with E-state index in [9.17, 15) is 4.79 Å². The van der Waals surface area contributed by atoms with Gasteiger partial charge in [0.05, 0.1) is 0 Å². The minimum atomic E-state index is 0.0889. The number of rotatable bonds is 4. The van der Waals surface area contributed by atoms with Crippen molar-refractivity contribution in [3.63, 3.8) is 0 Å². The second-order valence-corrected chi connectivity index (χ2v) is 4.49. The summed E-state index contributed by atoms with van der Waals surface area (Å²) in [6, 6.07) is 8.20. The van der Waals surface area contributed by atoms with E-state index >= 15 is 0 Å². The van der Waals surface area contributed by atoms with Gasteiger partial charge in [-0.15, -0.1) is 0 Å². The lowest BCUT2D eigenvalue weighted by atomic mass is 10.1. The fourth-order valence-electron chi connectivity index (χ4n) is 1.08. The Morgan fingerprint density at radius 2 is 1.93 bits per heavy atom. The van der Waals surface area contributed by atoms with E-state index in [0.29, 0.717) is 6.04 Å². The third-order valence-electron chi connectivity index (χ3n) is 1.90. The van der Waals surface area contributed by atoms with Gasteiger partial charge >= 0.3 is 0 Å². The van der Waals surface area contributed by atoms with Gasteiger partial charge in [-0.25, -0.2) is 0 Å². The van der Waals surface area contributed by atoms with Crippen LogP contribution in [0, 0.1) is 0 Å². The summed E-state index contributed by atoms with van der Waals surface area (Å²) in [5.74, 6) is 0. The van der Waals surface area contributed by atoms with Crippen LogP contribution in [-0.2, 0) is 6.54 Å². The molecule has 1 aromatic carbocycles. The van der Waals surface area contributed by atoms with Gasteiger partial charge in [-0.1, -0.05) is 38.1 Å². The van der Waals surface area contributed by atoms with E-state index in [1.165, 1.54) is 5.56 Å². The fraction of sp³-hybridized carbons (Fsp3) is 0.364. The molecule has 2 nitrogen and oxygen atoms in total. The average Bonchev–Trinajstić information content (AvgIpc) is 2.15. The van der Waals surface area contributed by atoms with Crippen LogP contribution in [0.5, 0.6) is 0 Å². The third kappa shape index (κ3) is 3.75. The minimum Gasteiger partial charge on any atom is -0.310 e. The van der Waals surface area contributed by atoms with Crippen molar-refractivity contribution in [2.24, 2.45) is 0 Å². The number of hydrogen-bond donors (Lipinski definition) is 1. The van der Waals surface area contributed by atoms with Crippen molar-refractivity contribution in [2.75, 3.05) is 0 Å². The molecule has 0 saturated carbocycles. The van der Waals surface area contributed by atoms with Crippen LogP contribution in [0.3, 0.4) is 0 Å². The lowest BCUT2D eigenvalue weighted by Crippen LogP contribution is -2.21. The molecule has 0 aliphatic carbocycles. The summed E-state index contributed by atoms with van der Waals surface area (Å²) in [4.78, 5) is 11.0. The molecule has 0 radical (unpaired) electrons. The van der Waals surface area contributed by atoms with Gasteiger partial charge in [0.15, 0.2) is 0 Å². The molecule has 0 saturated heterocycles. The van der Waals surface area contributed by atoms with E-state index in [2.05, 4.69) is 19.2 Å². The second-order valence-electron chi connectivity index (χ2n) is 3.51. The Labute approximate surface area is 98.2 Å². The summed E-state index contributed by atoms with van der Waals surface area (Å²) >= 11 is 1.80. The maximum absolute atomic E-state index is 11.0. The number of carbonyl (C=O) groups excluding carboxylic acids is 1. The van der Waals surface area contributed by atoms with Gasteiger partial charge in [-0.3, -0.25) is 4.79 Å². The molecule has 0 spiro atoms. The van der Waals surface area contributed by atoms with Crippen molar-refractivity contribution in [3.05, 3.63) is 35.4 Å². The predicted molar refractivity (Wildman–Crippen MR) is 66.8 cm³/mol. The maximum Gasteiger partial charge on any atom is 0.222 e. The first-order valence-corrected chi connectivity index (χ1v) is 5.69. The molecule has 76 valence electrons. The molecule has 14 heavy (non-hydrogen) atoms. The van der Waals surface area contributed by atoms with Gasteiger partial charge in [-0.05, 0) is 5.56 Å². The van der Waals surface area contributed by atoms with E-state index in [1.54, 1.807) is 22.6 Å². The standard InChI is InChI=1S/C11H14INO/c1-8(2)13-7-9-3-5-10(6-4-9)11(12)14/h3-6,8,13H,7H2,1-2H3. The first kappa shape index (κ1) is 11.7. The monoisotopic (exact) mass is 303 g/mol. The Morgan fingerprint density at radius 1 is 1.36 bits per heavy atom. The second kappa shape index (κ2) is 5.46. The molecule has 1 N–H and O–H groups in total. The maximum atomic E-state index is 11.0. The number of benzene rings is 1. The molecular formula is C11H14INO. The molecule has 1 rings (SSSR count). The molecule has 0 atom stereocenters. The number of nitrogens with one attached hydrogen (secondary N) is 1. The average molecular weight is 303 g/mol. The quantitative estimate of drug-likeness (QED) is 0.684.